The second kappa shape index (κ2) is 8.07. The molecule has 3 aromatic rings. The van der Waals surface area contributed by atoms with Gasteiger partial charge in [0.05, 0.1) is 17.5 Å². The Morgan fingerprint density at radius 1 is 0.962 bits per heavy atom. The standard InChI is InChI=1S/C21H17FN2O2/c1-15-2-10-19(11-3-15)24-23-14-16-4-12-20(13-5-16)26-21(25)17-6-8-18(22)9-7-17/h2-14,24H,1H3/b23-14+. The number of rotatable bonds is 5. The number of esters is 1. The van der Waals surface area contributed by atoms with E-state index in [2.05, 4.69) is 10.5 Å². The van der Waals surface area contributed by atoms with Gasteiger partial charge in [-0.25, -0.2) is 9.18 Å². The van der Waals surface area contributed by atoms with E-state index in [0.29, 0.717) is 11.3 Å². The minimum atomic E-state index is -0.535. The summed E-state index contributed by atoms with van der Waals surface area (Å²) >= 11 is 0. The van der Waals surface area contributed by atoms with Crippen molar-refractivity contribution in [1.29, 1.82) is 0 Å². The lowest BCUT2D eigenvalue weighted by Gasteiger charge is -2.04. The lowest BCUT2D eigenvalue weighted by molar-refractivity contribution is 0.0734. The lowest BCUT2D eigenvalue weighted by atomic mass is 10.2. The van der Waals surface area contributed by atoms with Crippen LogP contribution in [-0.2, 0) is 0 Å². The zero-order valence-electron chi connectivity index (χ0n) is 14.1. The molecule has 0 aliphatic carbocycles. The van der Waals surface area contributed by atoms with Gasteiger partial charge in [-0.2, -0.15) is 5.10 Å². The summed E-state index contributed by atoms with van der Waals surface area (Å²) in [6.45, 7) is 2.03. The van der Waals surface area contributed by atoms with Crippen molar-refractivity contribution in [2.24, 2.45) is 5.10 Å². The second-order valence-electron chi connectivity index (χ2n) is 5.70. The van der Waals surface area contributed by atoms with Crippen LogP contribution in [0.3, 0.4) is 0 Å². The van der Waals surface area contributed by atoms with Crippen LogP contribution in [0.25, 0.3) is 0 Å². The number of aryl methyl sites for hydroxylation is 1. The molecule has 0 saturated carbocycles. The molecule has 0 amide bonds. The smallest absolute Gasteiger partial charge is 0.343 e. The summed E-state index contributed by atoms with van der Waals surface area (Å²) in [4.78, 5) is 12.0. The minimum Gasteiger partial charge on any atom is -0.423 e. The molecule has 0 aliphatic heterocycles. The molecule has 0 aliphatic rings. The Balaban J connectivity index is 1.57. The molecule has 4 nitrogen and oxygen atoms in total. The number of nitrogens with zero attached hydrogens (tertiary/aromatic N) is 1. The van der Waals surface area contributed by atoms with E-state index in [1.54, 1.807) is 30.5 Å². The largest absolute Gasteiger partial charge is 0.423 e. The van der Waals surface area contributed by atoms with Gasteiger partial charge in [-0.05, 0) is 73.2 Å². The maximum absolute atomic E-state index is 12.9. The number of carbonyl (C=O) groups excluding carboxylic acids is 1. The van der Waals surface area contributed by atoms with E-state index in [1.807, 2.05) is 31.2 Å². The highest BCUT2D eigenvalue weighted by molar-refractivity contribution is 5.91. The van der Waals surface area contributed by atoms with Gasteiger partial charge in [-0.3, -0.25) is 5.43 Å². The quantitative estimate of drug-likeness (QED) is 0.312. The van der Waals surface area contributed by atoms with Gasteiger partial charge in [0.1, 0.15) is 11.6 Å². The number of halogens is 1. The number of hydrogen-bond acceptors (Lipinski definition) is 4. The second-order valence-corrected chi connectivity index (χ2v) is 5.70. The summed E-state index contributed by atoms with van der Waals surface area (Å²) in [5.74, 6) is -0.528. The fourth-order valence-electron chi connectivity index (χ4n) is 2.18. The van der Waals surface area contributed by atoms with E-state index in [4.69, 9.17) is 4.74 Å². The number of nitrogens with one attached hydrogen (secondary N) is 1. The average molecular weight is 348 g/mol. The van der Waals surface area contributed by atoms with Gasteiger partial charge in [-0.15, -0.1) is 0 Å². The molecule has 3 rings (SSSR count). The first-order chi connectivity index (χ1) is 12.6. The first-order valence-corrected chi connectivity index (χ1v) is 8.04. The third kappa shape index (κ3) is 4.77. The maximum atomic E-state index is 12.9. The zero-order valence-corrected chi connectivity index (χ0v) is 14.1. The molecule has 0 unspecified atom stereocenters. The average Bonchev–Trinajstić information content (AvgIpc) is 2.65. The van der Waals surface area contributed by atoms with Crippen LogP contribution in [0.1, 0.15) is 21.5 Å². The molecule has 1 N–H and O–H groups in total. The number of ether oxygens (including phenoxy) is 1. The summed E-state index contributed by atoms with van der Waals surface area (Å²) < 4.78 is 18.1. The van der Waals surface area contributed by atoms with Crippen LogP contribution in [0.15, 0.2) is 77.9 Å². The molecular weight excluding hydrogens is 331 g/mol. The first-order valence-electron chi connectivity index (χ1n) is 8.04. The molecule has 0 spiro atoms. The molecule has 0 bridgehead atoms. The Kier molecular flexibility index (Phi) is 5.39. The van der Waals surface area contributed by atoms with Gasteiger partial charge in [0.2, 0.25) is 0 Å². The molecule has 0 radical (unpaired) electrons. The molecule has 0 atom stereocenters. The third-order valence-corrected chi connectivity index (χ3v) is 3.63. The Labute approximate surface area is 150 Å². The van der Waals surface area contributed by atoms with Crippen molar-refractivity contribution >= 4 is 17.9 Å². The molecule has 130 valence electrons. The molecule has 0 saturated heterocycles. The monoisotopic (exact) mass is 348 g/mol. The van der Waals surface area contributed by atoms with Crippen molar-refractivity contribution in [2.45, 2.75) is 6.92 Å². The van der Waals surface area contributed by atoms with Crippen molar-refractivity contribution in [2.75, 3.05) is 5.43 Å². The molecule has 26 heavy (non-hydrogen) atoms. The van der Waals surface area contributed by atoms with E-state index in [-0.39, 0.29) is 0 Å². The highest BCUT2D eigenvalue weighted by Crippen LogP contribution is 2.14. The molecule has 0 aromatic heterocycles. The van der Waals surface area contributed by atoms with Crippen molar-refractivity contribution in [3.8, 4) is 5.75 Å². The number of hydrogen-bond donors (Lipinski definition) is 1. The van der Waals surface area contributed by atoms with E-state index < -0.39 is 11.8 Å². The summed E-state index contributed by atoms with van der Waals surface area (Å²) in [6, 6.07) is 20.0. The molecule has 0 heterocycles. The summed E-state index contributed by atoms with van der Waals surface area (Å²) in [5.41, 5.74) is 6.18. The number of hydrazone groups is 1. The predicted octanol–water partition coefficient (Wildman–Crippen LogP) is 4.80. The van der Waals surface area contributed by atoms with Crippen LogP contribution in [-0.4, -0.2) is 12.2 Å². The van der Waals surface area contributed by atoms with Crippen LogP contribution < -0.4 is 10.2 Å². The number of carbonyl (C=O) groups is 1. The van der Waals surface area contributed by atoms with Crippen molar-refractivity contribution in [3.63, 3.8) is 0 Å². The highest BCUT2D eigenvalue weighted by atomic mass is 19.1. The van der Waals surface area contributed by atoms with Crippen LogP contribution in [0, 0.1) is 12.7 Å². The Morgan fingerprint density at radius 2 is 1.62 bits per heavy atom. The summed E-state index contributed by atoms with van der Waals surface area (Å²) in [5, 5.41) is 4.17. The fourth-order valence-corrected chi connectivity index (χ4v) is 2.18. The SMILES string of the molecule is Cc1ccc(N/N=C/c2ccc(OC(=O)c3ccc(F)cc3)cc2)cc1. The molecule has 5 heteroatoms. The van der Waals surface area contributed by atoms with Crippen molar-refractivity contribution < 1.29 is 13.9 Å². The van der Waals surface area contributed by atoms with E-state index in [0.717, 1.165) is 11.3 Å². The van der Waals surface area contributed by atoms with Crippen molar-refractivity contribution in [1.82, 2.24) is 0 Å². The molecule has 0 fully saturated rings. The third-order valence-electron chi connectivity index (χ3n) is 3.63. The van der Waals surface area contributed by atoms with Crippen LogP contribution in [0.5, 0.6) is 5.75 Å². The Bertz CT molecular complexity index is 902. The van der Waals surface area contributed by atoms with Crippen LogP contribution >= 0.6 is 0 Å². The maximum Gasteiger partial charge on any atom is 0.343 e. The lowest BCUT2D eigenvalue weighted by Crippen LogP contribution is -2.08. The molecule has 3 aromatic carbocycles. The van der Waals surface area contributed by atoms with Gasteiger partial charge >= 0.3 is 5.97 Å². The van der Waals surface area contributed by atoms with Crippen molar-refractivity contribution in [3.05, 3.63) is 95.3 Å². The first kappa shape index (κ1) is 17.4. The topological polar surface area (TPSA) is 50.7 Å². The molecular formula is C21H17FN2O2. The normalized spacial score (nSPS) is 10.7. The van der Waals surface area contributed by atoms with Gasteiger partial charge in [-0.1, -0.05) is 17.7 Å². The van der Waals surface area contributed by atoms with Gasteiger partial charge in [0.15, 0.2) is 0 Å². The van der Waals surface area contributed by atoms with Crippen LogP contribution in [0.4, 0.5) is 10.1 Å². The Morgan fingerprint density at radius 3 is 2.27 bits per heavy atom. The van der Waals surface area contributed by atoms with E-state index in [1.165, 1.54) is 29.8 Å². The number of benzene rings is 3. The minimum absolute atomic E-state index is 0.291. The fraction of sp³-hybridized carbons (Fsp3) is 0.0476. The van der Waals surface area contributed by atoms with Crippen LogP contribution in [0.2, 0.25) is 0 Å². The van der Waals surface area contributed by atoms with Gasteiger partial charge < -0.3 is 4.74 Å². The number of anilines is 1. The predicted molar refractivity (Wildman–Crippen MR) is 100 cm³/mol. The van der Waals surface area contributed by atoms with E-state index >= 15 is 0 Å². The Hall–Kier alpha value is -3.47. The summed E-state index contributed by atoms with van der Waals surface area (Å²) in [6.07, 6.45) is 1.67. The zero-order chi connectivity index (χ0) is 18.4. The summed E-state index contributed by atoms with van der Waals surface area (Å²) in [7, 11) is 0. The van der Waals surface area contributed by atoms with Gasteiger partial charge in [0, 0.05) is 0 Å². The van der Waals surface area contributed by atoms with E-state index in [9.17, 15) is 9.18 Å². The van der Waals surface area contributed by atoms with Gasteiger partial charge in [0.25, 0.3) is 0 Å². The highest BCUT2D eigenvalue weighted by Gasteiger charge is 2.08.